The number of carbonyl (C=O) groups excluding carboxylic acids is 2. The van der Waals surface area contributed by atoms with Crippen molar-refractivity contribution in [2.45, 2.75) is 6.92 Å². The van der Waals surface area contributed by atoms with E-state index in [1.807, 2.05) is 0 Å². The van der Waals surface area contributed by atoms with Gasteiger partial charge in [0, 0.05) is 10.6 Å². The number of carboxylic acids is 1. The van der Waals surface area contributed by atoms with Crippen LogP contribution in [-0.2, 0) is 9.59 Å². The van der Waals surface area contributed by atoms with Gasteiger partial charge in [-0.05, 0) is 25.1 Å². The molecule has 0 aliphatic rings. The number of benzene rings is 1. The first-order chi connectivity index (χ1) is 11.8. The molecule has 0 saturated carbocycles. The normalized spacial score (nSPS) is 10.4. The van der Waals surface area contributed by atoms with Gasteiger partial charge in [0.15, 0.2) is 0 Å². The van der Waals surface area contributed by atoms with E-state index < -0.39 is 24.3 Å². The van der Waals surface area contributed by atoms with Gasteiger partial charge in [-0.3, -0.25) is 14.4 Å². The maximum atomic E-state index is 12.2. The van der Waals surface area contributed by atoms with E-state index in [1.165, 1.54) is 0 Å². The Kier molecular flexibility index (Phi) is 6.35. The molecule has 0 aliphatic carbocycles. The molecule has 2 aromatic rings. The molecule has 0 aliphatic heterocycles. The molecule has 25 heavy (non-hydrogen) atoms. The Labute approximate surface area is 157 Å². The van der Waals surface area contributed by atoms with E-state index in [1.54, 1.807) is 25.1 Å². The minimum atomic E-state index is -1.16. The van der Waals surface area contributed by atoms with Gasteiger partial charge in [0.1, 0.15) is 16.4 Å². The van der Waals surface area contributed by atoms with Crippen molar-refractivity contribution in [1.82, 2.24) is 15.6 Å². The number of rotatable bonds is 6. The number of aliphatic carboxylic acids is 1. The first-order valence-corrected chi connectivity index (χ1v) is 8.54. The van der Waals surface area contributed by atoms with Gasteiger partial charge in [-0.15, -0.1) is 11.3 Å². The molecule has 0 unspecified atom stereocenters. The second-order valence-electron chi connectivity index (χ2n) is 4.91. The Hall–Kier alpha value is -2.16. The summed E-state index contributed by atoms with van der Waals surface area (Å²) in [6.07, 6.45) is 0. The van der Waals surface area contributed by atoms with Gasteiger partial charge in [-0.25, -0.2) is 4.98 Å². The number of carboxylic acid groups (broad SMARTS) is 1. The number of aryl methyl sites for hydroxylation is 1. The number of hydrogen-bond acceptors (Lipinski definition) is 5. The predicted molar refractivity (Wildman–Crippen MR) is 95.3 cm³/mol. The molecule has 3 N–H and O–H groups in total. The van der Waals surface area contributed by atoms with Gasteiger partial charge in [-0.2, -0.15) is 0 Å². The highest BCUT2D eigenvalue weighted by Gasteiger charge is 2.18. The number of nitrogens with zero attached hydrogens (tertiary/aromatic N) is 1. The second kappa shape index (κ2) is 8.28. The molecule has 0 radical (unpaired) electrons. The molecule has 1 aromatic heterocycles. The van der Waals surface area contributed by atoms with Crippen molar-refractivity contribution in [1.29, 1.82) is 0 Å². The summed E-state index contributed by atoms with van der Waals surface area (Å²) < 4.78 is 0. The van der Waals surface area contributed by atoms with Crippen LogP contribution in [0.1, 0.15) is 15.4 Å². The molecule has 10 heteroatoms. The SMILES string of the molecule is Cc1nc(-c2ccc(Cl)cc2Cl)sc1C(=O)NCC(=O)NCC(=O)O. The molecule has 132 valence electrons. The lowest BCUT2D eigenvalue weighted by Crippen LogP contribution is -2.38. The molecular weight excluding hydrogens is 389 g/mol. The van der Waals surface area contributed by atoms with Gasteiger partial charge in [0.05, 0.1) is 17.3 Å². The van der Waals surface area contributed by atoms with Crippen LogP contribution in [0.2, 0.25) is 10.0 Å². The van der Waals surface area contributed by atoms with Crippen LogP contribution in [0.3, 0.4) is 0 Å². The van der Waals surface area contributed by atoms with Crippen molar-refractivity contribution < 1.29 is 19.5 Å². The average Bonchev–Trinajstić information content (AvgIpc) is 2.92. The summed E-state index contributed by atoms with van der Waals surface area (Å²) in [6.45, 7) is 0.831. The van der Waals surface area contributed by atoms with E-state index in [2.05, 4.69) is 15.6 Å². The van der Waals surface area contributed by atoms with Crippen molar-refractivity contribution in [2.24, 2.45) is 0 Å². The molecule has 2 amide bonds. The van der Waals surface area contributed by atoms with Crippen molar-refractivity contribution in [3.63, 3.8) is 0 Å². The molecule has 0 atom stereocenters. The fraction of sp³-hybridized carbons (Fsp3) is 0.200. The van der Waals surface area contributed by atoms with E-state index in [0.29, 0.717) is 31.2 Å². The van der Waals surface area contributed by atoms with Crippen LogP contribution in [0, 0.1) is 6.92 Å². The average molecular weight is 402 g/mol. The van der Waals surface area contributed by atoms with Crippen molar-refractivity contribution in [3.05, 3.63) is 38.8 Å². The minimum absolute atomic E-state index is 0.333. The highest BCUT2D eigenvalue weighted by Crippen LogP contribution is 2.34. The predicted octanol–water partition coefficient (Wildman–Crippen LogP) is 2.36. The lowest BCUT2D eigenvalue weighted by Gasteiger charge is -2.04. The number of hydrogen-bond donors (Lipinski definition) is 3. The summed E-state index contributed by atoms with van der Waals surface area (Å²) in [5.41, 5.74) is 1.15. The number of thiazole rings is 1. The molecular formula is C15H13Cl2N3O4S. The van der Waals surface area contributed by atoms with Gasteiger partial charge in [0.2, 0.25) is 5.91 Å². The summed E-state index contributed by atoms with van der Waals surface area (Å²) in [7, 11) is 0. The summed E-state index contributed by atoms with van der Waals surface area (Å²) >= 11 is 13.2. The van der Waals surface area contributed by atoms with E-state index in [-0.39, 0.29) is 6.54 Å². The molecule has 0 fully saturated rings. The van der Waals surface area contributed by atoms with E-state index in [0.717, 1.165) is 11.3 Å². The zero-order valence-corrected chi connectivity index (χ0v) is 15.3. The Morgan fingerprint density at radius 3 is 2.56 bits per heavy atom. The molecule has 0 bridgehead atoms. The molecule has 0 spiro atoms. The largest absolute Gasteiger partial charge is 0.480 e. The van der Waals surface area contributed by atoms with Crippen LogP contribution in [0.4, 0.5) is 0 Å². The fourth-order valence-corrected chi connectivity index (χ4v) is 3.44. The first-order valence-electron chi connectivity index (χ1n) is 6.97. The zero-order chi connectivity index (χ0) is 18.6. The maximum Gasteiger partial charge on any atom is 0.322 e. The Bertz CT molecular complexity index is 838. The molecule has 2 rings (SSSR count). The van der Waals surface area contributed by atoms with E-state index >= 15 is 0 Å². The quantitative estimate of drug-likeness (QED) is 0.688. The lowest BCUT2D eigenvalue weighted by atomic mass is 10.2. The number of amides is 2. The molecule has 0 saturated heterocycles. The Balaban J connectivity index is 2.07. The van der Waals surface area contributed by atoms with E-state index in [9.17, 15) is 14.4 Å². The van der Waals surface area contributed by atoms with Crippen LogP contribution in [-0.4, -0.2) is 41.0 Å². The highest BCUT2D eigenvalue weighted by molar-refractivity contribution is 7.17. The van der Waals surface area contributed by atoms with Crippen LogP contribution in [0.5, 0.6) is 0 Å². The number of halogens is 2. The summed E-state index contributed by atoms with van der Waals surface area (Å²) in [6, 6.07) is 4.97. The molecule has 1 heterocycles. The zero-order valence-electron chi connectivity index (χ0n) is 12.9. The van der Waals surface area contributed by atoms with Crippen LogP contribution in [0.15, 0.2) is 18.2 Å². The third-order valence-corrected chi connectivity index (χ3v) is 4.75. The summed E-state index contributed by atoms with van der Waals surface area (Å²) in [4.78, 5) is 38.7. The fourth-order valence-electron chi connectivity index (χ4n) is 1.86. The minimum Gasteiger partial charge on any atom is -0.480 e. The summed E-state index contributed by atoms with van der Waals surface area (Å²) in [5, 5.41) is 14.5. The number of nitrogens with one attached hydrogen (secondary N) is 2. The Morgan fingerprint density at radius 2 is 1.92 bits per heavy atom. The van der Waals surface area contributed by atoms with Crippen molar-refractivity contribution in [3.8, 4) is 10.6 Å². The highest BCUT2D eigenvalue weighted by atomic mass is 35.5. The van der Waals surface area contributed by atoms with Gasteiger partial charge >= 0.3 is 5.97 Å². The smallest absolute Gasteiger partial charge is 0.322 e. The topological polar surface area (TPSA) is 108 Å². The standard InChI is InChI=1S/C15H13Cl2N3O4S/c1-7-13(14(24)19-5-11(21)18-6-12(22)23)25-15(20-7)9-3-2-8(16)4-10(9)17/h2-4H,5-6H2,1H3,(H,18,21)(H,19,24)(H,22,23). The van der Waals surface area contributed by atoms with Gasteiger partial charge in [-0.1, -0.05) is 23.2 Å². The first kappa shape index (κ1) is 19.2. The van der Waals surface area contributed by atoms with Gasteiger partial charge in [0.25, 0.3) is 5.91 Å². The lowest BCUT2D eigenvalue weighted by molar-refractivity contribution is -0.137. The van der Waals surface area contributed by atoms with Crippen LogP contribution < -0.4 is 10.6 Å². The van der Waals surface area contributed by atoms with E-state index in [4.69, 9.17) is 28.3 Å². The van der Waals surface area contributed by atoms with Crippen molar-refractivity contribution >= 4 is 52.3 Å². The summed E-state index contributed by atoms with van der Waals surface area (Å²) in [5.74, 6) is -2.24. The van der Waals surface area contributed by atoms with Gasteiger partial charge < -0.3 is 15.7 Å². The number of aromatic nitrogens is 1. The molecule has 1 aromatic carbocycles. The number of carbonyl (C=O) groups is 3. The second-order valence-corrected chi connectivity index (χ2v) is 6.75. The van der Waals surface area contributed by atoms with Crippen molar-refractivity contribution in [2.75, 3.05) is 13.1 Å². The third-order valence-electron chi connectivity index (χ3n) is 3.01. The molecule has 7 nitrogen and oxygen atoms in total. The van der Waals surface area contributed by atoms with Crippen LogP contribution >= 0.6 is 34.5 Å². The monoisotopic (exact) mass is 401 g/mol. The maximum absolute atomic E-state index is 12.2. The third kappa shape index (κ3) is 5.15. The Morgan fingerprint density at radius 1 is 1.20 bits per heavy atom. The van der Waals surface area contributed by atoms with Crippen LogP contribution in [0.25, 0.3) is 10.6 Å².